The van der Waals surface area contributed by atoms with Crippen LogP contribution in [0.25, 0.3) is 10.4 Å². The Labute approximate surface area is 201 Å². The predicted molar refractivity (Wildman–Crippen MR) is 137 cm³/mol. The predicted octanol–water partition coefficient (Wildman–Crippen LogP) is 6.12. The van der Waals surface area contributed by atoms with E-state index in [4.69, 9.17) is 9.16 Å². The number of amides is 1. The number of carbonyl (C=O) groups excluding carboxylic acids is 1. The van der Waals surface area contributed by atoms with Crippen LogP contribution in [0.3, 0.4) is 0 Å². The van der Waals surface area contributed by atoms with Gasteiger partial charge in [-0.25, -0.2) is 4.98 Å². The largest absolute Gasteiger partial charge is 0.493 e. The zero-order valence-electron chi connectivity index (χ0n) is 20.3. The summed E-state index contributed by atoms with van der Waals surface area (Å²) in [6, 6.07) is 12.0. The molecular weight excluding hydrogens is 450 g/mol. The van der Waals surface area contributed by atoms with E-state index in [0.29, 0.717) is 18.7 Å². The van der Waals surface area contributed by atoms with E-state index in [0.717, 1.165) is 11.3 Å². The number of nitrogens with one attached hydrogen (secondary N) is 2. The second-order valence-electron chi connectivity index (χ2n) is 9.76. The van der Waals surface area contributed by atoms with Crippen LogP contribution in [0.1, 0.15) is 44.6 Å². The van der Waals surface area contributed by atoms with Gasteiger partial charge in [-0.2, -0.15) is 0 Å². The summed E-state index contributed by atoms with van der Waals surface area (Å²) in [6.45, 7) is 13.6. The number of nitrogens with zero attached hydrogens (tertiary/aromatic N) is 1. The number of aromatic amines is 1. The highest BCUT2D eigenvalue weighted by Crippen LogP contribution is 2.37. The van der Waals surface area contributed by atoms with Crippen molar-refractivity contribution in [3.8, 4) is 16.2 Å². The number of thiophene rings is 1. The highest BCUT2D eigenvalue weighted by atomic mass is 32.1. The maximum Gasteiger partial charge on any atom is 0.271 e. The van der Waals surface area contributed by atoms with Crippen molar-refractivity contribution in [3.05, 3.63) is 60.0 Å². The zero-order chi connectivity index (χ0) is 24.1. The molecule has 0 saturated heterocycles. The SMILES string of the molecule is C[C@H](O[Si](C)(C)C(C)(C)C)[C@@H](CCOc1cccc(-c2cccs2)c1)NC(=O)c1c[nH]cn1. The minimum Gasteiger partial charge on any atom is -0.493 e. The molecule has 33 heavy (non-hydrogen) atoms. The van der Waals surface area contributed by atoms with E-state index in [-0.39, 0.29) is 23.1 Å². The Kier molecular flexibility index (Phi) is 8.15. The molecule has 1 aromatic carbocycles. The summed E-state index contributed by atoms with van der Waals surface area (Å²) in [6.07, 6.45) is 3.56. The monoisotopic (exact) mass is 485 g/mol. The summed E-state index contributed by atoms with van der Waals surface area (Å²) in [5.74, 6) is 0.600. The van der Waals surface area contributed by atoms with E-state index in [1.165, 1.54) is 11.2 Å². The highest BCUT2D eigenvalue weighted by Gasteiger charge is 2.40. The average Bonchev–Trinajstić information content (AvgIpc) is 3.46. The Morgan fingerprint density at radius 3 is 2.67 bits per heavy atom. The van der Waals surface area contributed by atoms with E-state index >= 15 is 0 Å². The van der Waals surface area contributed by atoms with Gasteiger partial charge in [-0.05, 0) is 54.2 Å². The van der Waals surface area contributed by atoms with Gasteiger partial charge in [-0.3, -0.25) is 4.79 Å². The van der Waals surface area contributed by atoms with Crippen LogP contribution in [0.5, 0.6) is 5.75 Å². The molecule has 0 radical (unpaired) electrons. The third-order valence-corrected chi connectivity index (χ3v) is 11.7. The minimum absolute atomic E-state index is 0.0801. The van der Waals surface area contributed by atoms with E-state index in [1.54, 1.807) is 17.5 Å². The number of hydrogen-bond donors (Lipinski definition) is 2. The fraction of sp³-hybridized carbons (Fsp3) is 0.440. The number of benzene rings is 1. The van der Waals surface area contributed by atoms with Gasteiger partial charge in [0, 0.05) is 17.5 Å². The van der Waals surface area contributed by atoms with Crippen molar-refractivity contribution in [2.24, 2.45) is 0 Å². The van der Waals surface area contributed by atoms with Crippen molar-refractivity contribution in [1.82, 2.24) is 15.3 Å². The molecule has 3 rings (SSSR count). The molecule has 0 bridgehead atoms. The van der Waals surface area contributed by atoms with E-state index < -0.39 is 8.32 Å². The van der Waals surface area contributed by atoms with E-state index in [1.807, 2.05) is 25.1 Å². The first kappa shape index (κ1) is 25.2. The summed E-state index contributed by atoms with van der Waals surface area (Å²) >= 11 is 1.71. The quantitative estimate of drug-likeness (QED) is 0.339. The van der Waals surface area contributed by atoms with Gasteiger partial charge in [0.1, 0.15) is 11.4 Å². The second kappa shape index (κ2) is 10.7. The van der Waals surface area contributed by atoms with Gasteiger partial charge < -0.3 is 19.5 Å². The molecule has 8 heteroatoms. The molecule has 2 N–H and O–H groups in total. The minimum atomic E-state index is -2.00. The van der Waals surface area contributed by atoms with Crippen molar-refractivity contribution >= 4 is 25.6 Å². The lowest BCUT2D eigenvalue weighted by molar-refractivity contribution is 0.0842. The molecule has 1 amide bonds. The summed E-state index contributed by atoms with van der Waals surface area (Å²) in [5, 5.41) is 5.26. The smallest absolute Gasteiger partial charge is 0.271 e. The van der Waals surface area contributed by atoms with Crippen LogP contribution in [0, 0.1) is 0 Å². The third-order valence-electron chi connectivity index (χ3n) is 6.24. The third kappa shape index (κ3) is 6.78. The Balaban J connectivity index is 1.67. The van der Waals surface area contributed by atoms with Gasteiger partial charge in [0.05, 0.1) is 25.1 Å². The maximum absolute atomic E-state index is 12.7. The molecule has 0 aliphatic heterocycles. The van der Waals surface area contributed by atoms with Crippen LogP contribution < -0.4 is 10.1 Å². The first-order valence-electron chi connectivity index (χ1n) is 11.3. The molecule has 0 fully saturated rings. The van der Waals surface area contributed by atoms with Gasteiger partial charge in [0.2, 0.25) is 0 Å². The fourth-order valence-corrected chi connectivity index (χ4v) is 5.43. The van der Waals surface area contributed by atoms with Crippen molar-refractivity contribution in [1.29, 1.82) is 0 Å². The number of hydrogen-bond acceptors (Lipinski definition) is 5. The van der Waals surface area contributed by atoms with Crippen LogP contribution >= 0.6 is 11.3 Å². The number of rotatable bonds is 10. The molecule has 2 atom stereocenters. The van der Waals surface area contributed by atoms with Crippen molar-refractivity contribution < 1.29 is 14.0 Å². The maximum atomic E-state index is 12.7. The lowest BCUT2D eigenvalue weighted by atomic mass is 10.1. The normalized spacial score (nSPS) is 14.0. The molecule has 2 aromatic heterocycles. The molecule has 0 saturated carbocycles. The van der Waals surface area contributed by atoms with Gasteiger partial charge in [-0.15, -0.1) is 11.3 Å². The Morgan fingerprint density at radius 2 is 2.03 bits per heavy atom. The molecule has 0 unspecified atom stereocenters. The molecule has 3 aromatic rings. The number of imidazole rings is 1. The molecular formula is C25H35N3O3SSi. The zero-order valence-corrected chi connectivity index (χ0v) is 22.2. The Bertz CT molecular complexity index is 1010. The second-order valence-corrected chi connectivity index (χ2v) is 15.5. The summed E-state index contributed by atoms with van der Waals surface area (Å²) in [7, 11) is -2.00. The van der Waals surface area contributed by atoms with Crippen molar-refractivity contribution in [2.75, 3.05) is 6.61 Å². The van der Waals surface area contributed by atoms with Gasteiger partial charge in [-0.1, -0.05) is 39.0 Å². The number of aromatic nitrogens is 2. The van der Waals surface area contributed by atoms with Gasteiger partial charge in [0.15, 0.2) is 8.32 Å². The Hall–Kier alpha value is -2.42. The topological polar surface area (TPSA) is 76.2 Å². The molecule has 2 heterocycles. The number of H-pyrrole nitrogens is 1. The van der Waals surface area contributed by atoms with Crippen LogP contribution in [0.15, 0.2) is 54.3 Å². The lowest BCUT2D eigenvalue weighted by Crippen LogP contribution is -2.51. The molecule has 0 aliphatic carbocycles. The highest BCUT2D eigenvalue weighted by molar-refractivity contribution is 7.13. The molecule has 0 aliphatic rings. The lowest BCUT2D eigenvalue weighted by Gasteiger charge is -2.40. The van der Waals surface area contributed by atoms with Gasteiger partial charge >= 0.3 is 0 Å². The van der Waals surface area contributed by atoms with Crippen LogP contribution in [-0.4, -0.2) is 42.9 Å². The number of ether oxygens (including phenoxy) is 1. The molecule has 6 nitrogen and oxygen atoms in total. The number of carbonyl (C=O) groups is 1. The molecule has 178 valence electrons. The first-order chi connectivity index (χ1) is 15.6. The van der Waals surface area contributed by atoms with E-state index in [2.05, 4.69) is 72.7 Å². The molecule has 0 spiro atoms. The van der Waals surface area contributed by atoms with E-state index in [9.17, 15) is 4.79 Å². The van der Waals surface area contributed by atoms with Crippen molar-refractivity contribution in [2.45, 2.75) is 64.4 Å². The van der Waals surface area contributed by atoms with Crippen LogP contribution in [0.2, 0.25) is 18.1 Å². The summed E-state index contributed by atoms with van der Waals surface area (Å²) in [4.78, 5) is 20.8. The fourth-order valence-electron chi connectivity index (χ4n) is 3.26. The summed E-state index contributed by atoms with van der Waals surface area (Å²) in [5.41, 5.74) is 1.50. The Morgan fingerprint density at radius 1 is 1.24 bits per heavy atom. The van der Waals surface area contributed by atoms with Gasteiger partial charge in [0.25, 0.3) is 5.91 Å². The standard InChI is InChI=1S/C25H35N3O3SSi/c1-18(31-33(5,6)25(2,3)4)21(28-24(29)22-16-26-17-27-22)12-13-30-20-10-7-9-19(15-20)23-11-8-14-32-23/h7-11,14-18,21H,12-13H2,1-6H3,(H,26,27)(H,28,29)/t18-,21+/m0/s1. The average molecular weight is 486 g/mol. The van der Waals surface area contributed by atoms with Crippen molar-refractivity contribution in [3.63, 3.8) is 0 Å². The van der Waals surface area contributed by atoms with Crippen LogP contribution in [-0.2, 0) is 4.43 Å². The van der Waals surface area contributed by atoms with Crippen LogP contribution in [0.4, 0.5) is 0 Å². The first-order valence-corrected chi connectivity index (χ1v) is 15.1. The summed E-state index contributed by atoms with van der Waals surface area (Å²) < 4.78 is 12.7.